The summed E-state index contributed by atoms with van der Waals surface area (Å²) in [6.07, 6.45) is 2.28. The standard InChI is InChI=1S/C21H32N6O3/c1-5-25-7-6-21(4,13-25)20(30)27-9-8-26(12-15(27)3)19(29)18(28)24-16-10-14(2)17(22)23-11-16/h10-11,15H,5-9,12-13H2,1-4H3,(H2,22,23)(H,24,28). The summed E-state index contributed by atoms with van der Waals surface area (Å²) in [5, 5.41) is 2.58. The van der Waals surface area contributed by atoms with Crippen LogP contribution in [0, 0.1) is 12.3 Å². The molecule has 2 atom stereocenters. The molecule has 30 heavy (non-hydrogen) atoms. The summed E-state index contributed by atoms with van der Waals surface area (Å²) in [5.41, 5.74) is 6.46. The fourth-order valence-corrected chi connectivity index (χ4v) is 4.27. The largest absolute Gasteiger partial charge is 0.383 e. The Bertz CT molecular complexity index is 844. The maximum Gasteiger partial charge on any atom is 0.313 e. The Morgan fingerprint density at radius 1 is 1.30 bits per heavy atom. The Morgan fingerprint density at radius 3 is 2.63 bits per heavy atom. The smallest absolute Gasteiger partial charge is 0.313 e. The van der Waals surface area contributed by atoms with Crippen molar-refractivity contribution in [3.05, 3.63) is 17.8 Å². The van der Waals surface area contributed by atoms with Crippen LogP contribution < -0.4 is 11.1 Å². The molecule has 9 heteroatoms. The minimum absolute atomic E-state index is 0.143. The van der Waals surface area contributed by atoms with Gasteiger partial charge in [0.25, 0.3) is 0 Å². The van der Waals surface area contributed by atoms with Gasteiger partial charge >= 0.3 is 11.8 Å². The van der Waals surface area contributed by atoms with Gasteiger partial charge in [0, 0.05) is 32.2 Å². The summed E-state index contributed by atoms with van der Waals surface area (Å²) in [6, 6.07) is 1.53. The molecule has 0 radical (unpaired) electrons. The molecule has 1 aromatic heterocycles. The number of hydrogen-bond donors (Lipinski definition) is 2. The van der Waals surface area contributed by atoms with Crippen molar-refractivity contribution >= 4 is 29.2 Å². The normalized spacial score (nSPS) is 24.7. The highest BCUT2D eigenvalue weighted by atomic mass is 16.2. The quantitative estimate of drug-likeness (QED) is 0.702. The van der Waals surface area contributed by atoms with Gasteiger partial charge < -0.3 is 25.8 Å². The van der Waals surface area contributed by atoms with Crippen molar-refractivity contribution in [3.8, 4) is 0 Å². The number of nitrogen functional groups attached to an aromatic ring is 1. The minimum Gasteiger partial charge on any atom is -0.383 e. The van der Waals surface area contributed by atoms with Crippen LogP contribution in [-0.2, 0) is 14.4 Å². The molecule has 0 aliphatic carbocycles. The number of nitrogens with two attached hydrogens (primary N) is 1. The number of nitrogens with zero attached hydrogens (tertiary/aromatic N) is 4. The molecule has 3 N–H and O–H groups in total. The highest BCUT2D eigenvalue weighted by Gasteiger charge is 2.44. The molecule has 0 aromatic carbocycles. The van der Waals surface area contributed by atoms with Gasteiger partial charge in [0.05, 0.1) is 17.3 Å². The average molecular weight is 417 g/mol. The Labute approximate surface area is 177 Å². The Kier molecular flexibility index (Phi) is 6.30. The molecule has 1 aromatic rings. The number of anilines is 2. The summed E-state index contributed by atoms with van der Waals surface area (Å²) in [4.78, 5) is 47.9. The van der Waals surface area contributed by atoms with E-state index in [1.165, 1.54) is 11.1 Å². The Morgan fingerprint density at radius 2 is 2.03 bits per heavy atom. The average Bonchev–Trinajstić information content (AvgIpc) is 3.12. The van der Waals surface area contributed by atoms with Gasteiger partial charge in [-0.3, -0.25) is 14.4 Å². The summed E-state index contributed by atoms with van der Waals surface area (Å²) in [7, 11) is 0. The summed E-state index contributed by atoms with van der Waals surface area (Å²) in [6.45, 7) is 11.6. The maximum atomic E-state index is 13.2. The molecule has 2 saturated heterocycles. The lowest BCUT2D eigenvalue weighted by molar-refractivity contribution is -0.151. The molecule has 3 rings (SSSR count). The van der Waals surface area contributed by atoms with Crippen LogP contribution in [0.1, 0.15) is 32.8 Å². The molecular formula is C21H32N6O3. The summed E-state index contributed by atoms with van der Waals surface area (Å²) >= 11 is 0. The number of nitrogens with one attached hydrogen (secondary N) is 1. The van der Waals surface area contributed by atoms with Crippen LogP contribution in [0.5, 0.6) is 0 Å². The lowest BCUT2D eigenvalue weighted by Gasteiger charge is -2.42. The number of hydrogen-bond acceptors (Lipinski definition) is 6. The second kappa shape index (κ2) is 8.59. The first-order chi connectivity index (χ1) is 14.1. The molecule has 2 aliphatic rings. The third-order valence-corrected chi connectivity index (χ3v) is 6.26. The number of amides is 3. The lowest BCUT2D eigenvalue weighted by Crippen LogP contribution is -2.59. The van der Waals surface area contributed by atoms with Crippen molar-refractivity contribution < 1.29 is 14.4 Å². The number of likely N-dealkylation sites (tertiary alicyclic amines) is 1. The van der Waals surface area contributed by atoms with Crippen LogP contribution in [0.2, 0.25) is 0 Å². The molecule has 2 fully saturated rings. The number of aryl methyl sites for hydroxylation is 1. The van der Waals surface area contributed by atoms with Crippen molar-refractivity contribution in [3.63, 3.8) is 0 Å². The number of pyridine rings is 1. The molecule has 2 aliphatic heterocycles. The van der Waals surface area contributed by atoms with Crippen LogP contribution in [0.25, 0.3) is 0 Å². The van der Waals surface area contributed by atoms with Crippen molar-refractivity contribution in [1.29, 1.82) is 0 Å². The first-order valence-corrected chi connectivity index (χ1v) is 10.5. The van der Waals surface area contributed by atoms with Gasteiger partial charge in [-0.1, -0.05) is 6.92 Å². The third-order valence-electron chi connectivity index (χ3n) is 6.26. The number of carbonyl (C=O) groups is 3. The van der Waals surface area contributed by atoms with Gasteiger partial charge in [0.15, 0.2) is 0 Å². The van der Waals surface area contributed by atoms with Gasteiger partial charge in [-0.25, -0.2) is 4.98 Å². The van der Waals surface area contributed by atoms with Gasteiger partial charge in [-0.05, 0) is 51.9 Å². The van der Waals surface area contributed by atoms with Gasteiger partial charge in [-0.15, -0.1) is 0 Å². The van der Waals surface area contributed by atoms with Gasteiger partial charge in [0.2, 0.25) is 5.91 Å². The van der Waals surface area contributed by atoms with Crippen molar-refractivity contribution in [2.75, 3.05) is 50.3 Å². The molecule has 0 spiro atoms. The SMILES string of the molecule is CCN1CCC(C)(C(=O)N2CCN(C(=O)C(=O)Nc3cnc(N)c(C)c3)CC2C)C1. The van der Waals surface area contributed by atoms with Crippen LogP contribution in [0.3, 0.4) is 0 Å². The molecule has 3 heterocycles. The van der Waals surface area contributed by atoms with Crippen LogP contribution in [0.4, 0.5) is 11.5 Å². The Balaban J connectivity index is 1.59. The van der Waals surface area contributed by atoms with Crippen molar-refractivity contribution in [1.82, 2.24) is 19.7 Å². The zero-order valence-corrected chi connectivity index (χ0v) is 18.3. The fraction of sp³-hybridized carbons (Fsp3) is 0.619. The predicted octanol–water partition coefficient (Wildman–Crippen LogP) is 0.702. The predicted molar refractivity (Wildman–Crippen MR) is 115 cm³/mol. The molecule has 164 valence electrons. The van der Waals surface area contributed by atoms with E-state index in [0.717, 1.165) is 31.6 Å². The van der Waals surface area contributed by atoms with Crippen molar-refractivity contribution in [2.24, 2.45) is 5.41 Å². The highest BCUT2D eigenvalue weighted by Crippen LogP contribution is 2.33. The van der Waals surface area contributed by atoms with E-state index < -0.39 is 11.8 Å². The molecule has 3 amide bonds. The second-order valence-corrected chi connectivity index (χ2v) is 8.66. The maximum absolute atomic E-state index is 13.2. The number of aromatic nitrogens is 1. The van der Waals surface area contributed by atoms with E-state index >= 15 is 0 Å². The van der Waals surface area contributed by atoms with E-state index in [-0.39, 0.29) is 17.4 Å². The number of rotatable bonds is 3. The molecular weight excluding hydrogens is 384 g/mol. The first kappa shape index (κ1) is 22.0. The highest BCUT2D eigenvalue weighted by molar-refractivity contribution is 6.39. The fourth-order valence-electron chi connectivity index (χ4n) is 4.27. The van der Waals surface area contributed by atoms with E-state index in [1.54, 1.807) is 13.0 Å². The molecule has 0 saturated carbocycles. The minimum atomic E-state index is -0.714. The zero-order valence-electron chi connectivity index (χ0n) is 18.3. The lowest BCUT2D eigenvalue weighted by atomic mass is 9.87. The Hall–Kier alpha value is -2.68. The topological polar surface area (TPSA) is 112 Å². The summed E-state index contributed by atoms with van der Waals surface area (Å²) < 4.78 is 0. The number of piperazine rings is 1. The zero-order chi connectivity index (χ0) is 22.1. The molecule has 0 bridgehead atoms. The van der Waals surface area contributed by atoms with Gasteiger partial charge in [-0.2, -0.15) is 0 Å². The van der Waals surface area contributed by atoms with Crippen LogP contribution in [-0.4, -0.2) is 82.7 Å². The third kappa shape index (κ3) is 4.40. The van der Waals surface area contributed by atoms with Gasteiger partial charge in [0.1, 0.15) is 5.82 Å². The molecule has 2 unspecified atom stereocenters. The summed E-state index contributed by atoms with van der Waals surface area (Å²) in [5.74, 6) is -0.792. The molecule has 9 nitrogen and oxygen atoms in total. The van der Waals surface area contributed by atoms with E-state index in [2.05, 4.69) is 22.1 Å². The monoisotopic (exact) mass is 416 g/mol. The van der Waals surface area contributed by atoms with E-state index in [4.69, 9.17) is 5.73 Å². The van der Waals surface area contributed by atoms with E-state index in [9.17, 15) is 14.4 Å². The van der Waals surface area contributed by atoms with Crippen molar-refractivity contribution in [2.45, 2.75) is 40.2 Å². The van der Waals surface area contributed by atoms with Crippen LogP contribution >= 0.6 is 0 Å². The first-order valence-electron chi connectivity index (χ1n) is 10.5. The number of carbonyl (C=O) groups excluding carboxylic acids is 3. The second-order valence-electron chi connectivity index (χ2n) is 8.66. The van der Waals surface area contributed by atoms with E-state index in [1.807, 2.05) is 18.7 Å². The van der Waals surface area contributed by atoms with Crippen LogP contribution in [0.15, 0.2) is 12.3 Å². The van der Waals surface area contributed by atoms with E-state index in [0.29, 0.717) is 31.1 Å².